The molecule has 4 nitrogen and oxygen atoms in total. The molecular weight excluding hydrogens is 326 g/mol. The van der Waals surface area contributed by atoms with E-state index >= 15 is 0 Å². The van der Waals surface area contributed by atoms with E-state index < -0.39 is 0 Å². The molecule has 0 radical (unpaired) electrons. The molecule has 1 aliphatic heterocycles. The van der Waals surface area contributed by atoms with Gasteiger partial charge < -0.3 is 9.47 Å². The summed E-state index contributed by atoms with van der Waals surface area (Å²) in [5, 5.41) is 0. The fourth-order valence-electron chi connectivity index (χ4n) is 2.99. The largest absolute Gasteiger partial charge is 0.493 e. The van der Waals surface area contributed by atoms with Gasteiger partial charge in [-0.15, -0.1) is 0 Å². The fourth-order valence-corrected chi connectivity index (χ4v) is 2.99. The van der Waals surface area contributed by atoms with Crippen LogP contribution in [0.1, 0.15) is 30.9 Å². The van der Waals surface area contributed by atoms with E-state index in [4.69, 9.17) is 14.5 Å². The molecule has 0 spiro atoms. The minimum Gasteiger partial charge on any atom is -0.493 e. The molecule has 1 aliphatic rings. The van der Waals surface area contributed by atoms with Crippen LogP contribution in [0.3, 0.4) is 0 Å². The van der Waals surface area contributed by atoms with Gasteiger partial charge in [-0.1, -0.05) is 42.5 Å². The summed E-state index contributed by atoms with van der Waals surface area (Å²) in [5.74, 6) is 0.520. The number of methoxy groups -OCH3 is 1. The second-order valence-corrected chi connectivity index (χ2v) is 6.29. The highest BCUT2D eigenvalue weighted by atomic mass is 16.5. The lowest BCUT2D eigenvalue weighted by atomic mass is 10.0. The molecule has 3 rings (SSSR count). The third kappa shape index (κ3) is 4.60. The normalized spacial score (nSPS) is 13.5. The van der Waals surface area contributed by atoms with Crippen molar-refractivity contribution < 1.29 is 14.3 Å². The van der Waals surface area contributed by atoms with Gasteiger partial charge in [-0.05, 0) is 35.8 Å². The van der Waals surface area contributed by atoms with E-state index in [1.165, 1.54) is 18.2 Å². The van der Waals surface area contributed by atoms with Crippen molar-refractivity contribution in [2.24, 2.45) is 4.99 Å². The van der Waals surface area contributed by atoms with E-state index in [9.17, 15) is 4.79 Å². The fraction of sp³-hybridized carbons (Fsp3) is 0.273. The zero-order valence-electron chi connectivity index (χ0n) is 15.2. The minimum absolute atomic E-state index is 0.250. The maximum atomic E-state index is 11.4. The zero-order chi connectivity index (χ0) is 18.4. The van der Waals surface area contributed by atoms with Gasteiger partial charge in [0.2, 0.25) is 0 Å². The van der Waals surface area contributed by atoms with Crippen LogP contribution in [0.4, 0.5) is 0 Å². The molecule has 0 aromatic heterocycles. The van der Waals surface area contributed by atoms with Crippen molar-refractivity contribution in [2.75, 3.05) is 13.7 Å². The standard InChI is InChI=1S/C22H23NO3/c1-16-19(15-21(23-16)18-8-4-3-5-9-18)11-12-26-20-10-6-7-17(13-20)14-22(24)25-2/h3-10,13H,11-12,14-15H2,1-2H3. The summed E-state index contributed by atoms with van der Waals surface area (Å²) in [6.45, 7) is 2.65. The van der Waals surface area contributed by atoms with E-state index in [-0.39, 0.29) is 12.4 Å². The predicted octanol–water partition coefficient (Wildman–Crippen LogP) is 4.34. The zero-order valence-corrected chi connectivity index (χ0v) is 15.2. The first-order chi connectivity index (χ1) is 12.7. The van der Waals surface area contributed by atoms with Gasteiger partial charge in [0.1, 0.15) is 5.75 Å². The maximum Gasteiger partial charge on any atom is 0.309 e. The number of rotatable bonds is 7. The van der Waals surface area contributed by atoms with Gasteiger partial charge in [-0.3, -0.25) is 9.79 Å². The molecule has 0 saturated carbocycles. The minimum atomic E-state index is -0.250. The van der Waals surface area contributed by atoms with Crippen molar-refractivity contribution >= 4 is 11.7 Å². The number of ether oxygens (including phenoxy) is 2. The number of aliphatic imine (C=N–C) groups is 1. The van der Waals surface area contributed by atoms with Crippen molar-refractivity contribution in [3.8, 4) is 5.75 Å². The first-order valence-corrected chi connectivity index (χ1v) is 8.76. The summed E-state index contributed by atoms with van der Waals surface area (Å²) in [4.78, 5) is 16.1. The van der Waals surface area contributed by atoms with E-state index in [1.807, 2.05) is 42.5 Å². The quantitative estimate of drug-likeness (QED) is 0.699. The van der Waals surface area contributed by atoms with Gasteiger partial charge >= 0.3 is 5.97 Å². The summed E-state index contributed by atoms with van der Waals surface area (Å²) >= 11 is 0. The molecule has 2 aromatic rings. The Balaban J connectivity index is 1.52. The molecule has 2 aromatic carbocycles. The highest BCUT2D eigenvalue weighted by Crippen LogP contribution is 2.26. The summed E-state index contributed by atoms with van der Waals surface area (Å²) in [6, 6.07) is 17.9. The third-order valence-electron chi connectivity index (χ3n) is 4.45. The van der Waals surface area contributed by atoms with Crippen molar-refractivity contribution in [2.45, 2.75) is 26.2 Å². The van der Waals surface area contributed by atoms with Crippen LogP contribution in [0.5, 0.6) is 5.75 Å². The molecule has 0 N–H and O–H groups in total. The van der Waals surface area contributed by atoms with Crippen LogP contribution in [0, 0.1) is 0 Å². The maximum absolute atomic E-state index is 11.4. The first kappa shape index (κ1) is 17.9. The molecule has 0 amide bonds. The van der Waals surface area contributed by atoms with Crippen molar-refractivity contribution in [1.29, 1.82) is 0 Å². The van der Waals surface area contributed by atoms with Crippen LogP contribution < -0.4 is 4.74 Å². The Hall–Kier alpha value is -2.88. The molecule has 1 heterocycles. The van der Waals surface area contributed by atoms with Gasteiger partial charge in [0, 0.05) is 18.5 Å². The van der Waals surface area contributed by atoms with Crippen LogP contribution >= 0.6 is 0 Å². The van der Waals surface area contributed by atoms with Crippen molar-refractivity contribution in [3.63, 3.8) is 0 Å². The summed E-state index contributed by atoms with van der Waals surface area (Å²) < 4.78 is 10.6. The monoisotopic (exact) mass is 349 g/mol. The molecule has 134 valence electrons. The van der Waals surface area contributed by atoms with E-state index in [1.54, 1.807) is 0 Å². The lowest BCUT2D eigenvalue weighted by Crippen LogP contribution is -2.05. The average Bonchev–Trinajstić information content (AvgIpc) is 3.03. The SMILES string of the molecule is COC(=O)Cc1cccc(OCCC2=C(C)N=C(c3ccccc3)C2)c1. The van der Waals surface area contributed by atoms with Crippen LogP contribution in [0.15, 0.2) is 70.9 Å². The second-order valence-electron chi connectivity index (χ2n) is 6.29. The Morgan fingerprint density at radius 1 is 1.12 bits per heavy atom. The van der Waals surface area contributed by atoms with Gasteiger partial charge in [-0.2, -0.15) is 0 Å². The topological polar surface area (TPSA) is 47.9 Å². The molecule has 4 heteroatoms. The molecule has 26 heavy (non-hydrogen) atoms. The molecule has 0 saturated heterocycles. The Labute approximate surface area is 154 Å². The van der Waals surface area contributed by atoms with E-state index in [2.05, 4.69) is 19.1 Å². The number of allylic oxidation sites excluding steroid dienone is 1. The predicted molar refractivity (Wildman–Crippen MR) is 103 cm³/mol. The number of carbonyl (C=O) groups excluding carboxylic acids is 1. The van der Waals surface area contributed by atoms with Crippen LogP contribution in [-0.4, -0.2) is 25.4 Å². The molecule has 0 unspecified atom stereocenters. The second kappa shape index (κ2) is 8.48. The van der Waals surface area contributed by atoms with Gasteiger partial charge in [0.25, 0.3) is 0 Å². The molecular formula is C22H23NO3. The summed E-state index contributed by atoms with van der Waals surface area (Å²) in [5.41, 5.74) is 5.60. The van der Waals surface area contributed by atoms with Gasteiger partial charge in [-0.25, -0.2) is 0 Å². The Bertz CT molecular complexity index is 837. The van der Waals surface area contributed by atoms with E-state index in [0.717, 1.165) is 35.6 Å². The lowest BCUT2D eigenvalue weighted by molar-refractivity contribution is -0.139. The Morgan fingerprint density at radius 2 is 1.92 bits per heavy atom. The third-order valence-corrected chi connectivity index (χ3v) is 4.45. The molecule has 0 fully saturated rings. The van der Waals surface area contributed by atoms with Crippen molar-refractivity contribution in [3.05, 3.63) is 77.0 Å². The number of carbonyl (C=O) groups is 1. The van der Waals surface area contributed by atoms with Crippen LogP contribution in [0.25, 0.3) is 0 Å². The average molecular weight is 349 g/mol. The lowest BCUT2D eigenvalue weighted by Gasteiger charge is -2.09. The number of nitrogens with zero attached hydrogens (tertiary/aromatic N) is 1. The Morgan fingerprint density at radius 3 is 2.69 bits per heavy atom. The molecule has 0 aliphatic carbocycles. The number of benzene rings is 2. The number of hydrogen-bond donors (Lipinski definition) is 0. The highest BCUT2D eigenvalue weighted by molar-refractivity contribution is 6.04. The molecule has 0 atom stereocenters. The smallest absolute Gasteiger partial charge is 0.309 e. The molecule has 0 bridgehead atoms. The Kier molecular flexibility index (Phi) is 5.84. The van der Waals surface area contributed by atoms with Gasteiger partial charge in [0.15, 0.2) is 0 Å². The number of esters is 1. The van der Waals surface area contributed by atoms with Crippen LogP contribution in [-0.2, 0) is 16.0 Å². The first-order valence-electron chi connectivity index (χ1n) is 8.76. The van der Waals surface area contributed by atoms with Crippen LogP contribution in [0.2, 0.25) is 0 Å². The summed E-state index contributed by atoms with van der Waals surface area (Å²) in [7, 11) is 1.39. The highest BCUT2D eigenvalue weighted by Gasteiger charge is 2.16. The summed E-state index contributed by atoms with van der Waals surface area (Å²) in [6.07, 6.45) is 1.97. The van der Waals surface area contributed by atoms with Crippen molar-refractivity contribution in [1.82, 2.24) is 0 Å². The van der Waals surface area contributed by atoms with Gasteiger partial charge in [0.05, 0.1) is 25.8 Å². The number of hydrogen-bond acceptors (Lipinski definition) is 4. The van der Waals surface area contributed by atoms with E-state index in [0.29, 0.717) is 6.61 Å².